The van der Waals surface area contributed by atoms with Crippen LogP contribution in [0.5, 0.6) is 0 Å². The maximum atomic E-state index is 11.3. The van der Waals surface area contributed by atoms with Crippen LogP contribution >= 0.6 is 20.1 Å². The summed E-state index contributed by atoms with van der Waals surface area (Å²) in [4.78, 5) is 11.3. The molecular formula is C18H35AlCl2O. The van der Waals surface area contributed by atoms with Gasteiger partial charge in [-0.05, 0) is 12.8 Å². The van der Waals surface area contributed by atoms with Crippen LogP contribution < -0.4 is 0 Å². The van der Waals surface area contributed by atoms with Crippen LogP contribution in [0.1, 0.15) is 110 Å². The van der Waals surface area contributed by atoms with Crippen molar-refractivity contribution in [3.05, 3.63) is 0 Å². The Hall–Kier alpha value is 0.782. The maximum Gasteiger partial charge on any atom is 0.601 e. The zero-order valence-corrected chi connectivity index (χ0v) is 17.2. The van der Waals surface area contributed by atoms with E-state index in [0.29, 0.717) is 6.42 Å². The molecule has 0 radical (unpaired) electrons. The fourth-order valence-electron chi connectivity index (χ4n) is 2.78. The molecule has 130 valence electrons. The van der Waals surface area contributed by atoms with Crippen molar-refractivity contribution in [2.75, 3.05) is 0 Å². The molecule has 0 aromatic rings. The van der Waals surface area contributed by atoms with Gasteiger partial charge in [0, 0.05) is 0 Å². The van der Waals surface area contributed by atoms with Gasteiger partial charge in [-0.2, -0.15) is 0 Å². The van der Waals surface area contributed by atoms with Crippen LogP contribution in [-0.2, 0) is 4.79 Å². The second kappa shape index (κ2) is 18.1. The summed E-state index contributed by atoms with van der Waals surface area (Å²) in [6.07, 6.45) is 20.8. The predicted octanol–water partition coefficient (Wildman–Crippen LogP) is 7.32. The smallest absolute Gasteiger partial charge is 0.317 e. The van der Waals surface area contributed by atoms with Crippen LogP contribution in [0.25, 0.3) is 0 Å². The van der Waals surface area contributed by atoms with Gasteiger partial charge in [0.2, 0.25) is 0 Å². The Balaban J connectivity index is 3.04. The normalized spacial score (nSPS) is 10.9. The monoisotopic (exact) mass is 364 g/mol. The Labute approximate surface area is 151 Å². The fraction of sp³-hybridized carbons (Fsp3) is 0.944. The largest absolute Gasteiger partial charge is 0.601 e. The summed E-state index contributed by atoms with van der Waals surface area (Å²) in [6.45, 7) is 2.27. The molecule has 0 unspecified atom stereocenters. The van der Waals surface area contributed by atoms with Crippen molar-refractivity contribution < 1.29 is 4.79 Å². The average Bonchev–Trinajstić information content (AvgIpc) is 2.50. The highest BCUT2D eigenvalue weighted by molar-refractivity contribution is 7.46. The summed E-state index contributed by atoms with van der Waals surface area (Å²) in [5.74, 6) is 0. The number of hydrogen-bond donors (Lipinski definition) is 0. The quantitative estimate of drug-likeness (QED) is 0.195. The Morgan fingerprint density at radius 1 is 0.636 bits per heavy atom. The van der Waals surface area contributed by atoms with Crippen LogP contribution in [-0.4, -0.2) is 17.0 Å². The predicted molar refractivity (Wildman–Crippen MR) is 102 cm³/mol. The van der Waals surface area contributed by atoms with Crippen molar-refractivity contribution >= 4 is 37.0 Å². The molecule has 0 aromatic heterocycles. The summed E-state index contributed by atoms with van der Waals surface area (Å²) < 4.78 is 0.109. The molecule has 0 aliphatic heterocycles. The van der Waals surface area contributed by atoms with Crippen molar-refractivity contribution in [3.8, 4) is 0 Å². The third kappa shape index (κ3) is 17.1. The third-order valence-corrected chi connectivity index (χ3v) is 6.51. The first-order chi connectivity index (χ1) is 10.7. The van der Waals surface area contributed by atoms with E-state index in [1.54, 1.807) is 0 Å². The van der Waals surface area contributed by atoms with Crippen molar-refractivity contribution in [3.63, 3.8) is 0 Å². The SMILES string of the molecule is CCCCCCCCCCCCCCCCC[C](=O)[Al]([Cl])[Cl]. The number of halogens is 2. The van der Waals surface area contributed by atoms with E-state index in [2.05, 4.69) is 6.92 Å². The van der Waals surface area contributed by atoms with Gasteiger partial charge in [0.15, 0.2) is 0 Å². The molecule has 0 atom stereocenters. The van der Waals surface area contributed by atoms with Crippen LogP contribution in [0.3, 0.4) is 0 Å². The van der Waals surface area contributed by atoms with Crippen molar-refractivity contribution in [2.45, 2.75) is 110 Å². The highest BCUT2D eigenvalue weighted by Gasteiger charge is 2.21. The molecule has 0 heterocycles. The molecular weight excluding hydrogens is 330 g/mol. The van der Waals surface area contributed by atoms with Gasteiger partial charge in [0.25, 0.3) is 0 Å². The Bertz CT molecular complexity index is 247. The molecule has 0 fully saturated rings. The molecule has 0 spiro atoms. The van der Waals surface area contributed by atoms with E-state index in [9.17, 15) is 4.79 Å². The minimum atomic E-state index is -2.05. The Morgan fingerprint density at radius 3 is 1.27 bits per heavy atom. The number of carbonyl (C=O) groups excluding carboxylic acids is 1. The molecule has 0 saturated carbocycles. The van der Waals surface area contributed by atoms with Crippen LogP contribution in [0.4, 0.5) is 0 Å². The fourth-order valence-corrected chi connectivity index (χ4v) is 3.86. The van der Waals surface area contributed by atoms with E-state index in [-0.39, 0.29) is 4.65 Å². The zero-order valence-electron chi connectivity index (χ0n) is 14.6. The van der Waals surface area contributed by atoms with Crippen molar-refractivity contribution in [2.24, 2.45) is 0 Å². The lowest BCUT2D eigenvalue weighted by Crippen LogP contribution is -2.11. The van der Waals surface area contributed by atoms with Gasteiger partial charge in [-0.3, -0.25) is 0 Å². The molecule has 4 heteroatoms. The molecule has 0 bridgehead atoms. The minimum Gasteiger partial charge on any atom is -0.317 e. The van der Waals surface area contributed by atoms with Crippen LogP contribution in [0.15, 0.2) is 0 Å². The number of carbonyl (C=O) groups is 1. The van der Waals surface area contributed by atoms with Gasteiger partial charge in [0.1, 0.15) is 0 Å². The number of hydrogen-bond acceptors (Lipinski definition) is 1. The standard InChI is InChI=1S/C18H35O.Al.2ClH/c1-2-3-4-5-6-7-8-9-10-11-12-13-14-15-16-17-18-19;;;/h2-17H2,1H3;;2*1H/q;+2;;/p-2. The highest BCUT2D eigenvalue weighted by atomic mass is 35.7. The van der Waals surface area contributed by atoms with Crippen LogP contribution in [0, 0.1) is 0 Å². The van der Waals surface area contributed by atoms with E-state index in [4.69, 9.17) is 20.1 Å². The first-order valence-electron chi connectivity index (χ1n) is 9.49. The van der Waals surface area contributed by atoms with Crippen molar-refractivity contribution in [1.82, 2.24) is 0 Å². The first-order valence-corrected chi connectivity index (χ1v) is 13.6. The molecule has 0 saturated heterocycles. The summed E-state index contributed by atoms with van der Waals surface area (Å²) in [7, 11) is 11.3. The average molecular weight is 365 g/mol. The van der Waals surface area contributed by atoms with Gasteiger partial charge in [-0.25, -0.2) is 20.1 Å². The van der Waals surface area contributed by atoms with Gasteiger partial charge < -0.3 is 4.79 Å². The number of unbranched alkanes of at least 4 members (excludes halogenated alkanes) is 14. The first kappa shape index (κ1) is 22.8. The lowest BCUT2D eigenvalue weighted by atomic mass is 10.0. The van der Waals surface area contributed by atoms with Gasteiger partial charge in [0.05, 0.1) is 4.65 Å². The van der Waals surface area contributed by atoms with Gasteiger partial charge in [-0.1, -0.05) is 96.8 Å². The Morgan fingerprint density at radius 2 is 0.955 bits per heavy atom. The lowest BCUT2D eigenvalue weighted by Gasteiger charge is -2.03. The van der Waals surface area contributed by atoms with E-state index >= 15 is 0 Å². The van der Waals surface area contributed by atoms with E-state index < -0.39 is 12.3 Å². The van der Waals surface area contributed by atoms with E-state index in [1.165, 1.54) is 83.5 Å². The molecule has 0 aliphatic rings. The summed E-state index contributed by atoms with van der Waals surface area (Å²) in [5, 5.41) is 0. The van der Waals surface area contributed by atoms with E-state index in [0.717, 1.165) is 12.8 Å². The molecule has 22 heavy (non-hydrogen) atoms. The van der Waals surface area contributed by atoms with Gasteiger partial charge >= 0.3 is 12.3 Å². The topological polar surface area (TPSA) is 17.1 Å². The van der Waals surface area contributed by atoms with E-state index in [1.807, 2.05) is 0 Å². The molecule has 0 rings (SSSR count). The summed E-state index contributed by atoms with van der Waals surface area (Å²) in [6, 6.07) is 0. The molecule has 1 nitrogen and oxygen atoms in total. The molecule has 0 aromatic carbocycles. The zero-order chi connectivity index (χ0) is 16.5. The number of rotatable bonds is 17. The molecule has 0 amide bonds. The second-order valence-electron chi connectivity index (χ2n) is 6.47. The van der Waals surface area contributed by atoms with Crippen molar-refractivity contribution in [1.29, 1.82) is 0 Å². The lowest BCUT2D eigenvalue weighted by molar-refractivity contribution is -0.112. The summed E-state index contributed by atoms with van der Waals surface area (Å²) in [5.41, 5.74) is 0. The Kier molecular flexibility index (Phi) is 18.8. The molecule has 0 N–H and O–H groups in total. The maximum absolute atomic E-state index is 11.3. The van der Waals surface area contributed by atoms with Crippen LogP contribution in [0.2, 0.25) is 0 Å². The van der Waals surface area contributed by atoms with Gasteiger partial charge in [-0.15, -0.1) is 0 Å². The molecule has 0 aliphatic carbocycles. The highest BCUT2D eigenvalue weighted by Crippen LogP contribution is 2.14. The summed E-state index contributed by atoms with van der Waals surface area (Å²) >= 11 is -2.05. The second-order valence-corrected chi connectivity index (χ2v) is 11.0. The third-order valence-electron chi connectivity index (χ3n) is 4.27. The minimum absolute atomic E-state index is 0.109.